The Bertz CT molecular complexity index is 627. The predicted octanol–water partition coefficient (Wildman–Crippen LogP) is 2.51. The number of nitrogens with one attached hydrogen (secondary N) is 1. The Hall–Kier alpha value is -1.66. The number of hydrogen-bond acceptors (Lipinski definition) is 4. The number of aliphatic hydroxyl groups is 1. The molecule has 0 aliphatic heterocycles. The highest BCUT2D eigenvalue weighted by Gasteiger charge is 2.18. The van der Waals surface area contributed by atoms with Gasteiger partial charge in [-0.25, -0.2) is 4.39 Å². The van der Waals surface area contributed by atoms with Gasteiger partial charge in [0, 0.05) is 22.7 Å². The van der Waals surface area contributed by atoms with Crippen molar-refractivity contribution in [3.8, 4) is 0 Å². The van der Waals surface area contributed by atoms with Crippen LogP contribution in [0, 0.1) is 5.82 Å². The zero-order chi connectivity index (χ0) is 14.7. The van der Waals surface area contributed by atoms with Gasteiger partial charge in [0.05, 0.1) is 5.69 Å². The van der Waals surface area contributed by atoms with Gasteiger partial charge in [0.1, 0.15) is 10.7 Å². The molecule has 4 N–H and O–H groups in total. The number of fused-ring (bicyclic) bond motifs is 1. The van der Waals surface area contributed by atoms with Crippen molar-refractivity contribution >= 4 is 33.0 Å². The maximum Gasteiger partial charge on any atom is 0.263 e. The average Bonchev–Trinajstić information content (AvgIpc) is 2.74. The Morgan fingerprint density at radius 1 is 1.55 bits per heavy atom. The molecular weight excluding hydrogens is 279 g/mol. The third-order valence-corrected chi connectivity index (χ3v) is 4.25. The monoisotopic (exact) mass is 296 g/mol. The highest BCUT2D eigenvalue weighted by Crippen LogP contribution is 2.34. The summed E-state index contributed by atoms with van der Waals surface area (Å²) in [6.45, 7) is 1.97. The molecule has 20 heavy (non-hydrogen) atoms. The number of thiophene rings is 1. The van der Waals surface area contributed by atoms with E-state index in [9.17, 15) is 9.18 Å². The number of carbonyl (C=O) groups is 1. The van der Waals surface area contributed by atoms with E-state index < -0.39 is 0 Å². The molecule has 0 saturated heterocycles. The highest BCUT2D eigenvalue weighted by molar-refractivity contribution is 7.21. The molecule has 0 saturated carbocycles. The number of carbonyl (C=O) groups excluding carboxylic acids is 1. The van der Waals surface area contributed by atoms with Crippen LogP contribution in [0.1, 0.15) is 29.4 Å². The van der Waals surface area contributed by atoms with Crippen molar-refractivity contribution in [2.45, 2.75) is 25.8 Å². The molecule has 108 valence electrons. The minimum atomic E-state index is -0.370. The Labute approximate surface area is 120 Å². The number of aliphatic hydroxyl groups excluding tert-OH is 1. The van der Waals surface area contributed by atoms with Crippen LogP contribution in [0.5, 0.6) is 0 Å². The van der Waals surface area contributed by atoms with Crippen molar-refractivity contribution < 1.29 is 14.3 Å². The minimum absolute atomic E-state index is 0.0454. The molecule has 1 heterocycles. The van der Waals surface area contributed by atoms with Crippen molar-refractivity contribution in [2.24, 2.45) is 0 Å². The van der Waals surface area contributed by atoms with Gasteiger partial charge in [0.2, 0.25) is 0 Å². The summed E-state index contributed by atoms with van der Waals surface area (Å²) in [6.07, 6.45) is 1.33. The lowest BCUT2D eigenvalue weighted by atomic mass is 10.2. The van der Waals surface area contributed by atoms with Gasteiger partial charge in [0.15, 0.2) is 0 Å². The maximum atomic E-state index is 13.2. The van der Waals surface area contributed by atoms with Gasteiger partial charge >= 0.3 is 0 Å². The summed E-state index contributed by atoms with van der Waals surface area (Å²) in [5.41, 5.74) is 6.24. The second kappa shape index (κ2) is 6.19. The Kier molecular flexibility index (Phi) is 4.57. The highest BCUT2D eigenvalue weighted by atomic mass is 32.1. The van der Waals surface area contributed by atoms with E-state index in [1.54, 1.807) is 6.07 Å². The van der Waals surface area contributed by atoms with Crippen molar-refractivity contribution in [1.82, 2.24) is 5.32 Å². The topological polar surface area (TPSA) is 75.3 Å². The molecule has 1 atom stereocenters. The second-order valence-corrected chi connectivity index (χ2v) is 5.78. The summed E-state index contributed by atoms with van der Waals surface area (Å²) >= 11 is 1.25. The molecule has 1 amide bonds. The fourth-order valence-corrected chi connectivity index (χ4v) is 3.02. The Morgan fingerprint density at radius 2 is 2.30 bits per heavy atom. The number of nitrogen functional groups attached to an aromatic ring is 1. The second-order valence-electron chi connectivity index (χ2n) is 4.73. The molecule has 2 rings (SSSR count). The van der Waals surface area contributed by atoms with Crippen molar-refractivity contribution in [3.63, 3.8) is 0 Å². The van der Waals surface area contributed by atoms with Crippen LogP contribution < -0.4 is 11.1 Å². The van der Waals surface area contributed by atoms with Crippen LogP contribution in [0.25, 0.3) is 10.1 Å². The number of rotatable bonds is 5. The first kappa shape index (κ1) is 14.7. The first-order valence-corrected chi connectivity index (χ1v) is 7.24. The molecule has 4 nitrogen and oxygen atoms in total. The minimum Gasteiger partial charge on any atom is -0.397 e. The van der Waals surface area contributed by atoms with Crippen LogP contribution in [0.2, 0.25) is 0 Å². The summed E-state index contributed by atoms with van der Waals surface area (Å²) in [4.78, 5) is 12.6. The van der Waals surface area contributed by atoms with E-state index >= 15 is 0 Å². The van der Waals surface area contributed by atoms with Crippen LogP contribution in [-0.4, -0.2) is 23.7 Å². The molecule has 1 aromatic carbocycles. The fourth-order valence-electron chi connectivity index (χ4n) is 2.02. The van der Waals surface area contributed by atoms with E-state index in [0.717, 1.165) is 4.70 Å². The molecule has 0 spiro atoms. The van der Waals surface area contributed by atoms with Crippen molar-refractivity contribution in [1.29, 1.82) is 0 Å². The van der Waals surface area contributed by atoms with Crippen LogP contribution in [0.3, 0.4) is 0 Å². The van der Waals surface area contributed by atoms with E-state index in [4.69, 9.17) is 10.8 Å². The molecule has 1 aromatic heterocycles. The molecule has 0 fully saturated rings. The predicted molar refractivity (Wildman–Crippen MR) is 79.4 cm³/mol. The molecule has 2 aromatic rings. The summed E-state index contributed by atoms with van der Waals surface area (Å²) < 4.78 is 14.0. The lowest BCUT2D eigenvalue weighted by molar-refractivity contribution is 0.0941. The molecule has 6 heteroatoms. The van der Waals surface area contributed by atoms with E-state index in [2.05, 4.69) is 5.32 Å². The number of amides is 1. The van der Waals surface area contributed by atoms with Gasteiger partial charge in [-0.15, -0.1) is 11.3 Å². The molecule has 0 radical (unpaired) electrons. The third kappa shape index (κ3) is 3.08. The van der Waals surface area contributed by atoms with Crippen LogP contribution in [0.4, 0.5) is 10.1 Å². The SMILES string of the molecule is CC(CCCO)NC(=O)c1sc2ccc(F)cc2c1N. The van der Waals surface area contributed by atoms with Crippen LogP contribution in [-0.2, 0) is 0 Å². The number of anilines is 1. The zero-order valence-corrected chi connectivity index (χ0v) is 12.0. The van der Waals surface area contributed by atoms with E-state index in [-0.39, 0.29) is 24.4 Å². The molecular formula is C14H17FN2O2S. The van der Waals surface area contributed by atoms with Crippen LogP contribution in [0.15, 0.2) is 18.2 Å². The van der Waals surface area contributed by atoms with Gasteiger partial charge in [0.25, 0.3) is 5.91 Å². The molecule has 1 unspecified atom stereocenters. The van der Waals surface area contributed by atoms with E-state index in [1.165, 1.54) is 23.5 Å². The van der Waals surface area contributed by atoms with Gasteiger partial charge in [-0.1, -0.05) is 0 Å². The normalized spacial score (nSPS) is 12.6. The lowest BCUT2D eigenvalue weighted by Crippen LogP contribution is -2.32. The number of benzene rings is 1. The largest absolute Gasteiger partial charge is 0.397 e. The van der Waals surface area contributed by atoms with Gasteiger partial charge in [-0.2, -0.15) is 0 Å². The standard InChI is InChI=1S/C14H17FN2O2S/c1-8(3-2-6-18)17-14(19)13-12(16)10-7-9(15)4-5-11(10)20-13/h4-5,7-8,18H,2-3,6,16H2,1H3,(H,17,19). The van der Waals surface area contributed by atoms with Gasteiger partial charge in [-0.05, 0) is 38.0 Å². The molecule has 0 bridgehead atoms. The third-order valence-electron chi connectivity index (χ3n) is 3.07. The lowest BCUT2D eigenvalue weighted by Gasteiger charge is -2.12. The van der Waals surface area contributed by atoms with Crippen molar-refractivity contribution in [2.75, 3.05) is 12.3 Å². The van der Waals surface area contributed by atoms with E-state index in [1.807, 2.05) is 6.92 Å². The Balaban J connectivity index is 2.20. The Morgan fingerprint density at radius 3 is 3.00 bits per heavy atom. The zero-order valence-electron chi connectivity index (χ0n) is 11.1. The molecule has 0 aliphatic carbocycles. The first-order chi connectivity index (χ1) is 9.52. The average molecular weight is 296 g/mol. The number of hydrogen-bond donors (Lipinski definition) is 3. The first-order valence-electron chi connectivity index (χ1n) is 6.42. The smallest absolute Gasteiger partial charge is 0.263 e. The van der Waals surface area contributed by atoms with Gasteiger partial charge < -0.3 is 16.2 Å². The summed E-state index contributed by atoms with van der Waals surface area (Å²) in [6, 6.07) is 4.27. The van der Waals surface area contributed by atoms with Gasteiger partial charge in [-0.3, -0.25) is 4.79 Å². The van der Waals surface area contributed by atoms with E-state index in [0.29, 0.717) is 28.8 Å². The van der Waals surface area contributed by atoms with Crippen molar-refractivity contribution in [3.05, 3.63) is 28.9 Å². The summed E-state index contributed by atoms with van der Waals surface area (Å²) in [5.74, 6) is -0.625. The number of nitrogens with two attached hydrogens (primary N) is 1. The molecule has 0 aliphatic rings. The quantitative estimate of drug-likeness (QED) is 0.793. The fraction of sp³-hybridized carbons (Fsp3) is 0.357. The maximum absolute atomic E-state index is 13.2. The van der Waals surface area contributed by atoms with Crippen LogP contribution >= 0.6 is 11.3 Å². The number of halogens is 1. The summed E-state index contributed by atoms with van der Waals surface area (Å²) in [5, 5.41) is 12.2. The summed E-state index contributed by atoms with van der Waals surface area (Å²) in [7, 11) is 0.